The first-order chi connectivity index (χ1) is 9.08. The van der Waals surface area contributed by atoms with Crippen molar-refractivity contribution in [3.8, 4) is 11.8 Å². The molecule has 0 aliphatic heterocycles. The van der Waals surface area contributed by atoms with Crippen LogP contribution in [0.2, 0.25) is 0 Å². The molecule has 7 heteroatoms. The molecule has 0 aliphatic rings. The van der Waals surface area contributed by atoms with Gasteiger partial charge in [-0.2, -0.15) is 4.98 Å². The van der Waals surface area contributed by atoms with Crippen molar-refractivity contribution < 1.29 is 9.94 Å². The number of hydrogen-bond donors (Lipinski definition) is 2. The molecule has 0 bridgehead atoms. The minimum Gasteiger partial charge on any atom is -0.424 e. The predicted molar refractivity (Wildman–Crippen MR) is 73.5 cm³/mol. The van der Waals surface area contributed by atoms with Crippen molar-refractivity contribution in [3.63, 3.8) is 0 Å². The van der Waals surface area contributed by atoms with Gasteiger partial charge in [-0.3, -0.25) is 0 Å². The van der Waals surface area contributed by atoms with Gasteiger partial charge in [0.25, 0.3) is 0 Å². The number of oxime groups is 1. The molecule has 1 heterocycles. The third-order valence-corrected chi connectivity index (χ3v) is 2.76. The van der Waals surface area contributed by atoms with E-state index in [1.165, 1.54) is 0 Å². The summed E-state index contributed by atoms with van der Waals surface area (Å²) in [5.41, 5.74) is 6.46. The van der Waals surface area contributed by atoms with Crippen LogP contribution >= 0.6 is 15.9 Å². The van der Waals surface area contributed by atoms with Crippen molar-refractivity contribution in [1.29, 1.82) is 0 Å². The van der Waals surface area contributed by atoms with E-state index in [0.717, 1.165) is 4.47 Å². The summed E-state index contributed by atoms with van der Waals surface area (Å²) in [6, 6.07) is 8.98. The van der Waals surface area contributed by atoms with Crippen molar-refractivity contribution in [2.24, 2.45) is 10.9 Å². The molecular weight excluding hydrogens is 312 g/mol. The van der Waals surface area contributed by atoms with Gasteiger partial charge in [0.2, 0.25) is 0 Å². The first-order valence-electron chi connectivity index (χ1n) is 5.35. The molecule has 0 amide bonds. The van der Waals surface area contributed by atoms with E-state index < -0.39 is 0 Å². The standard InChI is InChI=1S/C12H11BrN4O2/c1-7-6-10(11(14)17-18)16-12(15-7)19-9-4-2-8(13)3-5-9/h2-6,18H,1H3,(H2,14,17). The maximum absolute atomic E-state index is 8.65. The van der Waals surface area contributed by atoms with Gasteiger partial charge in [0.15, 0.2) is 5.84 Å². The minimum atomic E-state index is -0.0915. The molecule has 0 radical (unpaired) electrons. The molecule has 19 heavy (non-hydrogen) atoms. The maximum atomic E-state index is 8.65. The van der Waals surface area contributed by atoms with E-state index in [1.54, 1.807) is 25.1 Å². The van der Waals surface area contributed by atoms with Gasteiger partial charge < -0.3 is 15.7 Å². The molecule has 0 saturated heterocycles. The Morgan fingerprint density at radius 3 is 2.63 bits per heavy atom. The lowest BCUT2D eigenvalue weighted by Crippen LogP contribution is -2.16. The van der Waals surface area contributed by atoms with E-state index in [1.807, 2.05) is 12.1 Å². The van der Waals surface area contributed by atoms with Crippen LogP contribution in [-0.2, 0) is 0 Å². The van der Waals surface area contributed by atoms with Crippen molar-refractivity contribution in [2.75, 3.05) is 0 Å². The fourth-order valence-electron chi connectivity index (χ4n) is 1.38. The number of nitrogens with two attached hydrogens (primary N) is 1. The van der Waals surface area contributed by atoms with Gasteiger partial charge >= 0.3 is 6.01 Å². The number of amidine groups is 1. The molecule has 0 saturated carbocycles. The van der Waals surface area contributed by atoms with Gasteiger partial charge in [-0.15, -0.1) is 0 Å². The van der Waals surface area contributed by atoms with Crippen LogP contribution in [0.15, 0.2) is 40.0 Å². The number of aryl methyl sites for hydroxylation is 1. The zero-order valence-electron chi connectivity index (χ0n) is 10.0. The highest BCUT2D eigenvalue weighted by Crippen LogP contribution is 2.21. The lowest BCUT2D eigenvalue weighted by atomic mass is 10.3. The number of aromatic nitrogens is 2. The van der Waals surface area contributed by atoms with E-state index in [-0.39, 0.29) is 11.8 Å². The second-order valence-electron chi connectivity index (χ2n) is 3.72. The van der Waals surface area contributed by atoms with Crippen molar-refractivity contribution >= 4 is 21.8 Å². The van der Waals surface area contributed by atoms with Crippen molar-refractivity contribution in [1.82, 2.24) is 9.97 Å². The number of hydrogen-bond acceptors (Lipinski definition) is 5. The fourth-order valence-corrected chi connectivity index (χ4v) is 1.64. The summed E-state index contributed by atoms with van der Waals surface area (Å²) in [6.07, 6.45) is 0. The third kappa shape index (κ3) is 3.41. The SMILES string of the molecule is Cc1cc(/C(N)=N/O)nc(Oc2ccc(Br)cc2)n1. The number of rotatable bonds is 3. The normalized spacial score (nSPS) is 11.4. The molecule has 1 aromatic carbocycles. The van der Waals surface area contributed by atoms with Crippen molar-refractivity contribution in [2.45, 2.75) is 6.92 Å². The monoisotopic (exact) mass is 322 g/mol. The lowest BCUT2D eigenvalue weighted by molar-refractivity contribution is 0.318. The largest absolute Gasteiger partial charge is 0.424 e. The fraction of sp³-hybridized carbons (Fsp3) is 0.0833. The van der Waals surface area contributed by atoms with Crippen LogP contribution in [0.4, 0.5) is 0 Å². The summed E-state index contributed by atoms with van der Waals surface area (Å²) in [4.78, 5) is 8.19. The van der Waals surface area contributed by atoms with E-state index in [4.69, 9.17) is 15.7 Å². The first kappa shape index (κ1) is 13.3. The number of halogens is 1. The van der Waals surface area contributed by atoms with Crippen LogP contribution < -0.4 is 10.5 Å². The second kappa shape index (κ2) is 5.66. The van der Waals surface area contributed by atoms with Gasteiger partial charge in [-0.1, -0.05) is 21.1 Å². The van der Waals surface area contributed by atoms with Gasteiger partial charge in [0.05, 0.1) is 0 Å². The summed E-state index contributed by atoms with van der Waals surface area (Å²) in [6.45, 7) is 1.77. The topological polar surface area (TPSA) is 93.6 Å². The quantitative estimate of drug-likeness (QED) is 0.392. The minimum absolute atomic E-state index is 0.0915. The third-order valence-electron chi connectivity index (χ3n) is 2.23. The predicted octanol–water partition coefficient (Wildman–Crippen LogP) is 2.43. The highest BCUT2D eigenvalue weighted by molar-refractivity contribution is 9.10. The van der Waals surface area contributed by atoms with Crippen LogP contribution in [-0.4, -0.2) is 21.0 Å². The molecule has 0 fully saturated rings. The molecule has 3 N–H and O–H groups in total. The van der Waals surface area contributed by atoms with Crippen molar-refractivity contribution in [3.05, 3.63) is 46.2 Å². The van der Waals surface area contributed by atoms with Gasteiger partial charge in [0.1, 0.15) is 11.4 Å². The smallest absolute Gasteiger partial charge is 0.322 e. The molecule has 2 aromatic rings. The molecule has 0 unspecified atom stereocenters. The molecular formula is C12H11BrN4O2. The molecule has 0 aliphatic carbocycles. The average Bonchev–Trinajstić information content (AvgIpc) is 2.40. The average molecular weight is 323 g/mol. The highest BCUT2D eigenvalue weighted by Gasteiger charge is 2.08. The zero-order valence-corrected chi connectivity index (χ0v) is 11.6. The summed E-state index contributed by atoms with van der Waals surface area (Å²) < 4.78 is 6.46. The molecule has 6 nitrogen and oxygen atoms in total. The molecule has 0 atom stereocenters. The van der Waals surface area contributed by atoms with Crippen LogP contribution in [0.3, 0.4) is 0 Å². The summed E-state index contributed by atoms with van der Waals surface area (Å²) in [5, 5.41) is 11.5. The highest BCUT2D eigenvalue weighted by atomic mass is 79.9. The first-order valence-corrected chi connectivity index (χ1v) is 6.15. The molecule has 1 aromatic heterocycles. The van der Waals surface area contributed by atoms with E-state index in [0.29, 0.717) is 17.1 Å². The Morgan fingerprint density at radius 2 is 2.00 bits per heavy atom. The molecule has 2 rings (SSSR count). The van der Waals surface area contributed by atoms with E-state index in [2.05, 4.69) is 31.1 Å². The summed E-state index contributed by atoms with van der Waals surface area (Å²) in [7, 11) is 0. The van der Waals surface area contributed by atoms with Crippen LogP contribution in [0, 0.1) is 6.92 Å². The Kier molecular flexibility index (Phi) is 3.96. The number of benzene rings is 1. The maximum Gasteiger partial charge on any atom is 0.322 e. The van der Waals surface area contributed by atoms with E-state index in [9.17, 15) is 0 Å². The zero-order chi connectivity index (χ0) is 13.8. The van der Waals surface area contributed by atoms with Crippen LogP contribution in [0.5, 0.6) is 11.8 Å². The second-order valence-corrected chi connectivity index (χ2v) is 4.63. The lowest BCUT2D eigenvalue weighted by Gasteiger charge is -2.06. The Balaban J connectivity index is 2.30. The van der Waals surface area contributed by atoms with E-state index >= 15 is 0 Å². The van der Waals surface area contributed by atoms with Gasteiger partial charge in [-0.25, -0.2) is 4.98 Å². The summed E-state index contributed by atoms with van der Waals surface area (Å²) in [5.74, 6) is 0.505. The number of ether oxygens (including phenoxy) is 1. The number of nitrogens with zero attached hydrogens (tertiary/aromatic N) is 3. The Labute approximate surface area is 118 Å². The molecule has 0 spiro atoms. The van der Waals surface area contributed by atoms with Crippen LogP contribution in [0.1, 0.15) is 11.4 Å². The molecule has 98 valence electrons. The Morgan fingerprint density at radius 1 is 1.32 bits per heavy atom. The van der Waals surface area contributed by atoms with Crippen LogP contribution in [0.25, 0.3) is 0 Å². The Bertz CT molecular complexity index is 614. The summed E-state index contributed by atoms with van der Waals surface area (Å²) >= 11 is 3.34. The van der Waals surface area contributed by atoms with Gasteiger partial charge in [0, 0.05) is 10.2 Å². The Hall–Kier alpha value is -2.15. The van der Waals surface area contributed by atoms with Gasteiger partial charge in [-0.05, 0) is 37.3 Å².